The summed E-state index contributed by atoms with van der Waals surface area (Å²) in [4.78, 5) is 0. The molecule has 0 aliphatic heterocycles. The molecule has 0 rings (SSSR count). The lowest BCUT2D eigenvalue weighted by molar-refractivity contribution is -0.925. The van der Waals surface area contributed by atoms with E-state index in [0.29, 0.717) is 13.0 Å². The van der Waals surface area contributed by atoms with E-state index < -0.39 is 18.9 Å². The molecule has 0 aliphatic rings. The first-order chi connectivity index (χ1) is 10.2. The van der Waals surface area contributed by atoms with Crippen LogP contribution in [0.4, 0.5) is 0 Å². The highest BCUT2D eigenvalue weighted by Gasteiger charge is 2.38. The van der Waals surface area contributed by atoms with Crippen LogP contribution in [0.2, 0.25) is 6.04 Å². The molecule has 0 unspecified atom stereocenters. The molecule has 0 radical (unpaired) electrons. The first kappa shape index (κ1) is 22.0. The SMILES string of the molecule is CC[N+](CC)(CCC[Si](OC)(OC)OC)CCCS(=O)(=O)[O-]. The Hall–Kier alpha value is -0.0331. The van der Waals surface area contributed by atoms with Crippen LogP contribution in [0.5, 0.6) is 0 Å². The summed E-state index contributed by atoms with van der Waals surface area (Å²) in [5.74, 6) is -0.292. The van der Waals surface area contributed by atoms with Crippen molar-refractivity contribution in [2.45, 2.75) is 32.7 Å². The Bertz CT molecular complexity index is 387. The van der Waals surface area contributed by atoms with Crippen molar-refractivity contribution in [3.63, 3.8) is 0 Å². The monoisotopic (exact) mass is 357 g/mol. The van der Waals surface area contributed by atoms with Crippen LogP contribution in [-0.4, -0.2) is 79.5 Å². The number of quaternary nitrogens is 1. The maximum Gasteiger partial charge on any atom is 0.500 e. The molecule has 0 aromatic carbocycles. The van der Waals surface area contributed by atoms with Crippen molar-refractivity contribution in [1.29, 1.82) is 0 Å². The van der Waals surface area contributed by atoms with Crippen LogP contribution in [0.3, 0.4) is 0 Å². The van der Waals surface area contributed by atoms with Gasteiger partial charge in [-0.15, -0.1) is 0 Å². The van der Waals surface area contributed by atoms with Crippen LogP contribution < -0.4 is 0 Å². The molecule has 0 saturated carbocycles. The van der Waals surface area contributed by atoms with Crippen molar-refractivity contribution in [3.05, 3.63) is 0 Å². The number of hydrogen-bond donors (Lipinski definition) is 0. The molecule has 0 amide bonds. The van der Waals surface area contributed by atoms with Crippen LogP contribution in [0.1, 0.15) is 26.7 Å². The summed E-state index contributed by atoms with van der Waals surface area (Å²) in [6, 6.07) is 0.719. The van der Waals surface area contributed by atoms with Gasteiger partial charge in [-0.25, -0.2) is 8.42 Å². The molecule has 7 nitrogen and oxygen atoms in total. The summed E-state index contributed by atoms with van der Waals surface area (Å²) in [5, 5.41) is 0. The fourth-order valence-electron chi connectivity index (χ4n) is 2.73. The van der Waals surface area contributed by atoms with Crippen molar-refractivity contribution < 1.29 is 30.7 Å². The molecular formula is C13H31NO6SSi. The fraction of sp³-hybridized carbons (Fsp3) is 1.00. The Morgan fingerprint density at radius 2 is 1.41 bits per heavy atom. The standard InChI is InChI=1S/C13H31NO6SSi/c1-6-14(7-2,10-8-12-21(15,16)17)11-9-13-22(18-3,19-4)20-5/h6-13H2,1-5H3. The second-order valence-corrected chi connectivity index (χ2v) is 10.0. The molecule has 0 fully saturated rings. The predicted molar refractivity (Wildman–Crippen MR) is 86.5 cm³/mol. The van der Waals surface area contributed by atoms with Gasteiger partial charge in [-0.3, -0.25) is 0 Å². The Labute approximate surface area is 136 Å². The van der Waals surface area contributed by atoms with E-state index in [1.165, 1.54) is 0 Å². The quantitative estimate of drug-likeness (QED) is 0.278. The second-order valence-electron chi connectivity index (χ2n) is 5.44. The highest BCUT2D eigenvalue weighted by Crippen LogP contribution is 2.18. The highest BCUT2D eigenvalue weighted by molar-refractivity contribution is 7.85. The van der Waals surface area contributed by atoms with Gasteiger partial charge in [-0.1, -0.05) is 0 Å². The topological polar surface area (TPSA) is 84.9 Å². The van der Waals surface area contributed by atoms with Gasteiger partial charge in [-0.2, -0.15) is 0 Å². The third-order valence-electron chi connectivity index (χ3n) is 4.42. The lowest BCUT2D eigenvalue weighted by atomic mass is 10.2. The molecule has 22 heavy (non-hydrogen) atoms. The minimum atomic E-state index is -4.13. The van der Waals surface area contributed by atoms with E-state index in [1.807, 2.05) is 0 Å². The summed E-state index contributed by atoms with van der Waals surface area (Å²) >= 11 is 0. The lowest BCUT2D eigenvalue weighted by Crippen LogP contribution is -2.50. The number of rotatable bonds is 13. The van der Waals surface area contributed by atoms with Crippen molar-refractivity contribution in [1.82, 2.24) is 0 Å². The van der Waals surface area contributed by atoms with Gasteiger partial charge in [0.15, 0.2) is 0 Å². The molecule has 0 aromatic heterocycles. The van der Waals surface area contributed by atoms with Crippen LogP contribution in [-0.2, 0) is 23.4 Å². The van der Waals surface area contributed by atoms with E-state index in [2.05, 4.69) is 13.8 Å². The van der Waals surface area contributed by atoms with Crippen molar-refractivity contribution >= 4 is 18.9 Å². The van der Waals surface area contributed by atoms with Gasteiger partial charge in [0.25, 0.3) is 0 Å². The maximum atomic E-state index is 10.7. The summed E-state index contributed by atoms with van der Waals surface area (Å²) in [6.07, 6.45) is 1.27. The minimum Gasteiger partial charge on any atom is -0.748 e. The molecule has 0 bridgehead atoms. The smallest absolute Gasteiger partial charge is 0.500 e. The zero-order valence-corrected chi connectivity index (χ0v) is 16.3. The molecule has 9 heteroatoms. The van der Waals surface area contributed by atoms with Crippen LogP contribution >= 0.6 is 0 Å². The van der Waals surface area contributed by atoms with Gasteiger partial charge in [-0.05, 0) is 13.8 Å². The normalized spacial score (nSPS) is 13.5. The molecule has 134 valence electrons. The highest BCUT2D eigenvalue weighted by atomic mass is 32.2. The maximum absolute atomic E-state index is 10.7. The molecular weight excluding hydrogens is 326 g/mol. The van der Waals surface area contributed by atoms with Crippen LogP contribution in [0.15, 0.2) is 0 Å². The average Bonchev–Trinajstić information content (AvgIpc) is 2.49. The van der Waals surface area contributed by atoms with E-state index in [9.17, 15) is 13.0 Å². The van der Waals surface area contributed by atoms with Gasteiger partial charge in [0, 0.05) is 46.0 Å². The van der Waals surface area contributed by atoms with Crippen molar-refractivity contribution in [2.24, 2.45) is 0 Å². The first-order valence-electron chi connectivity index (χ1n) is 7.66. The zero-order chi connectivity index (χ0) is 17.3. The van der Waals surface area contributed by atoms with Crippen LogP contribution in [0, 0.1) is 0 Å². The first-order valence-corrected chi connectivity index (χ1v) is 11.2. The predicted octanol–water partition coefficient (Wildman–Crippen LogP) is 1.05. The third-order valence-corrected chi connectivity index (χ3v) is 8.04. The largest absolute Gasteiger partial charge is 0.748 e. The average molecular weight is 358 g/mol. The summed E-state index contributed by atoms with van der Waals surface area (Å²) in [6.45, 7) is 7.55. The number of hydrogen-bond acceptors (Lipinski definition) is 6. The molecule has 0 N–H and O–H groups in total. The van der Waals surface area contributed by atoms with E-state index in [1.54, 1.807) is 21.3 Å². The Morgan fingerprint density at radius 1 is 0.955 bits per heavy atom. The van der Waals surface area contributed by atoms with Gasteiger partial charge < -0.3 is 22.3 Å². The van der Waals surface area contributed by atoms with E-state index in [0.717, 1.165) is 36.6 Å². The third kappa shape index (κ3) is 7.49. The van der Waals surface area contributed by atoms with E-state index in [4.69, 9.17) is 13.3 Å². The summed E-state index contributed by atoms with van der Waals surface area (Å²) < 4.78 is 49.3. The van der Waals surface area contributed by atoms with Gasteiger partial charge in [0.2, 0.25) is 0 Å². The molecule has 0 aromatic rings. The molecule has 0 spiro atoms. The van der Waals surface area contributed by atoms with Gasteiger partial charge in [0.1, 0.15) is 0 Å². The van der Waals surface area contributed by atoms with E-state index in [-0.39, 0.29) is 5.75 Å². The number of nitrogens with zero attached hydrogens (tertiary/aromatic N) is 1. The lowest BCUT2D eigenvalue weighted by Gasteiger charge is -2.38. The molecule has 0 atom stereocenters. The Balaban J connectivity index is 4.56. The Morgan fingerprint density at radius 3 is 1.77 bits per heavy atom. The minimum absolute atomic E-state index is 0.292. The summed E-state index contributed by atoms with van der Waals surface area (Å²) in [7, 11) is -1.90. The van der Waals surface area contributed by atoms with Gasteiger partial charge in [0.05, 0.1) is 36.3 Å². The van der Waals surface area contributed by atoms with E-state index >= 15 is 0 Å². The second kappa shape index (κ2) is 9.96. The van der Waals surface area contributed by atoms with Gasteiger partial charge >= 0.3 is 8.80 Å². The fourth-order valence-corrected chi connectivity index (χ4v) is 4.92. The molecule has 0 saturated heterocycles. The zero-order valence-electron chi connectivity index (χ0n) is 14.5. The summed E-state index contributed by atoms with van der Waals surface area (Å²) in [5.41, 5.74) is 0. The molecule has 0 aliphatic carbocycles. The Kier molecular flexibility index (Phi) is 9.95. The van der Waals surface area contributed by atoms with Crippen LogP contribution in [0.25, 0.3) is 0 Å². The molecule has 0 heterocycles. The van der Waals surface area contributed by atoms with Crippen molar-refractivity contribution in [3.8, 4) is 0 Å². The van der Waals surface area contributed by atoms with Crippen molar-refractivity contribution in [2.75, 3.05) is 53.3 Å².